The van der Waals surface area contributed by atoms with Crippen LogP contribution in [-0.2, 0) is 11.0 Å². The van der Waals surface area contributed by atoms with Crippen LogP contribution >= 0.6 is 0 Å². The van der Waals surface area contributed by atoms with Crippen LogP contribution in [0.4, 0.5) is 24.5 Å². The Morgan fingerprint density at radius 1 is 0.806 bits per heavy atom. The second kappa shape index (κ2) is 12.1. The predicted molar refractivity (Wildman–Crippen MR) is 117 cm³/mol. The number of anilines is 2. The highest BCUT2D eigenvalue weighted by atomic mass is 19.4. The molecule has 2 amide bonds. The number of benzene rings is 2. The molecule has 2 rings (SSSR count). The number of rotatable bonds is 11. The Bertz CT molecular complexity index is 849. The number of amides is 2. The molecule has 0 unspecified atom stereocenters. The van der Waals surface area contributed by atoms with Gasteiger partial charge in [-0.15, -0.1) is 0 Å². The monoisotopic (exact) mass is 434 g/mol. The Kier molecular flexibility index (Phi) is 9.56. The molecule has 0 radical (unpaired) electrons. The molecule has 7 heteroatoms. The third-order valence-electron chi connectivity index (χ3n) is 4.89. The molecule has 0 fully saturated rings. The fourth-order valence-electron chi connectivity index (χ4n) is 3.15. The summed E-state index contributed by atoms with van der Waals surface area (Å²) < 4.78 is 38.4. The van der Waals surface area contributed by atoms with Gasteiger partial charge in [0.05, 0.1) is 5.56 Å². The Hall–Kier alpha value is -2.83. The van der Waals surface area contributed by atoms with Crippen molar-refractivity contribution in [3.63, 3.8) is 0 Å². The van der Waals surface area contributed by atoms with E-state index >= 15 is 0 Å². The zero-order valence-electron chi connectivity index (χ0n) is 17.7. The number of unbranched alkanes of at least 4 members (excludes halogenated alkanes) is 6. The van der Waals surface area contributed by atoms with E-state index in [1.807, 2.05) is 0 Å². The number of carbonyl (C=O) groups is 2. The summed E-state index contributed by atoms with van der Waals surface area (Å²) in [6.45, 7) is 2.18. The predicted octanol–water partition coefficient (Wildman–Crippen LogP) is 7.04. The van der Waals surface area contributed by atoms with E-state index in [9.17, 15) is 22.8 Å². The van der Waals surface area contributed by atoms with Crippen molar-refractivity contribution in [1.29, 1.82) is 0 Å². The van der Waals surface area contributed by atoms with Crippen molar-refractivity contribution >= 4 is 23.2 Å². The third-order valence-corrected chi connectivity index (χ3v) is 4.89. The third kappa shape index (κ3) is 8.82. The van der Waals surface area contributed by atoms with Crippen molar-refractivity contribution < 1.29 is 22.8 Å². The first-order valence-corrected chi connectivity index (χ1v) is 10.7. The summed E-state index contributed by atoms with van der Waals surface area (Å²) >= 11 is 0. The first kappa shape index (κ1) is 24.4. The van der Waals surface area contributed by atoms with Crippen molar-refractivity contribution in [3.05, 3.63) is 59.7 Å². The molecule has 0 saturated carbocycles. The maximum Gasteiger partial charge on any atom is 0.416 e. The highest BCUT2D eigenvalue weighted by Crippen LogP contribution is 2.30. The largest absolute Gasteiger partial charge is 0.416 e. The summed E-state index contributed by atoms with van der Waals surface area (Å²) in [6.07, 6.45) is 3.92. The van der Waals surface area contributed by atoms with Crippen LogP contribution < -0.4 is 10.6 Å². The van der Waals surface area contributed by atoms with E-state index in [2.05, 4.69) is 17.6 Å². The molecular weight excluding hydrogens is 405 g/mol. The van der Waals surface area contributed by atoms with Gasteiger partial charge < -0.3 is 10.6 Å². The second-order valence-electron chi connectivity index (χ2n) is 7.53. The van der Waals surface area contributed by atoms with E-state index in [0.29, 0.717) is 12.1 Å². The molecule has 0 atom stereocenters. The fourth-order valence-corrected chi connectivity index (χ4v) is 3.15. The molecule has 0 bridgehead atoms. The molecule has 0 heterocycles. The average molecular weight is 435 g/mol. The number of hydrogen-bond donors (Lipinski definition) is 2. The lowest BCUT2D eigenvalue weighted by Gasteiger charge is -2.10. The normalized spacial score (nSPS) is 11.2. The number of nitrogens with one attached hydrogen (secondary N) is 2. The molecule has 4 nitrogen and oxygen atoms in total. The van der Waals surface area contributed by atoms with Crippen LogP contribution in [0.3, 0.4) is 0 Å². The first-order chi connectivity index (χ1) is 14.8. The SMILES string of the molecule is CCCCCCCCCC(=O)Nc1ccc(C(=O)Nc2cccc(C(F)(F)F)c2)cc1. The van der Waals surface area contributed by atoms with Crippen LogP contribution in [0.2, 0.25) is 0 Å². The standard InChI is InChI=1S/C24H29F3N2O2/c1-2-3-4-5-6-7-8-12-22(30)28-20-15-13-18(14-16-20)23(31)29-21-11-9-10-19(17-21)24(25,26)27/h9-11,13-17H,2-8,12H2,1H3,(H,28,30)(H,29,31). The van der Waals surface area contributed by atoms with E-state index < -0.39 is 17.6 Å². The summed E-state index contributed by atoms with van der Waals surface area (Å²) in [7, 11) is 0. The van der Waals surface area contributed by atoms with Crippen LogP contribution in [-0.4, -0.2) is 11.8 Å². The molecule has 2 aromatic carbocycles. The first-order valence-electron chi connectivity index (χ1n) is 10.7. The van der Waals surface area contributed by atoms with Gasteiger partial charge in [-0.2, -0.15) is 13.2 Å². The molecule has 0 aliphatic rings. The maximum absolute atomic E-state index is 12.8. The molecule has 0 aliphatic heterocycles. The van der Waals surface area contributed by atoms with Crippen LogP contribution in [0.15, 0.2) is 48.5 Å². The zero-order chi connectivity index (χ0) is 22.7. The van der Waals surface area contributed by atoms with Crippen molar-refractivity contribution in [3.8, 4) is 0 Å². The maximum atomic E-state index is 12.8. The number of halogens is 3. The second-order valence-corrected chi connectivity index (χ2v) is 7.53. The molecular formula is C24H29F3N2O2. The van der Waals surface area contributed by atoms with Gasteiger partial charge in [-0.1, -0.05) is 51.5 Å². The van der Waals surface area contributed by atoms with E-state index in [1.54, 1.807) is 12.1 Å². The van der Waals surface area contributed by atoms with Gasteiger partial charge in [0.1, 0.15) is 0 Å². The van der Waals surface area contributed by atoms with E-state index in [1.165, 1.54) is 49.9 Å². The van der Waals surface area contributed by atoms with Gasteiger partial charge in [0, 0.05) is 23.4 Å². The molecule has 31 heavy (non-hydrogen) atoms. The average Bonchev–Trinajstić information content (AvgIpc) is 2.73. The van der Waals surface area contributed by atoms with Gasteiger partial charge in [0.25, 0.3) is 5.91 Å². The van der Waals surface area contributed by atoms with Crippen molar-refractivity contribution in [1.82, 2.24) is 0 Å². The summed E-state index contributed by atoms with van der Waals surface area (Å²) in [5, 5.41) is 5.25. The van der Waals surface area contributed by atoms with Crippen LogP contribution in [0.25, 0.3) is 0 Å². The summed E-state index contributed by atoms with van der Waals surface area (Å²) in [5.41, 5.74) is 0.0854. The molecule has 0 saturated heterocycles. The topological polar surface area (TPSA) is 58.2 Å². The summed E-state index contributed by atoms with van der Waals surface area (Å²) in [6, 6.07) is 10.7. The lowest BCUT2D eigenvalue weighted by Crippen LogP contribution is -2.14. The molecule has 168 valence electrons. The quantitative estimate of drug-likeness (QED) is 0.373. The highest BCUT2D eigenvalue weighted by Gasteiger charge is 2.30. The molecule has 0 aromatic heterocycles. The molecule has 0 spiro atoms. The van der Waals surface area contributed by atoms with Crippen molar-refractivity contribution in [2.24, 2.45) is 0 Å². The van der Waals surface area contributed by atoms with Gasteiger partial charge in [-0.05, 0) is 48.9 Å². The zero-order valence-corrected chi connectivity index (χ0v) is 17.7. The van der Waals surface area contributed by atoms with Gasteiger partial charge in [-0.25, -0.2) is 0 Å². The molecule has 0 aliphatic carbocycles. The minimum atomic E-state index is -4.48. The van der Waals surface area contributed by atoms with Crippen LogP contribution in [0.1, 0.15) is 74.2 Å². The highest BCUT2D eigenvalue weighted by molar-refractivity contribution is 6.04. The Balaban J connectivity index is 1.79. The number of hydrogen-bond acceptors (Lipinski definition) is 2. The van der Waals surface area contributed by atoms with Gasteiger partial charge in [-0.3, -0.25) is 9.59 Å². The Morgan fingerprint density at radius 2 is 1.45 bits per heavy atom. The lowest BCUT2D eigenvalue weighted by atomic mass is 10.1. The smallest absolute Gasteiger partial charge is 0.326 e. The Labute approximate surface area is 181 Å². The van der Waals surface area contributed by atoms with Crippen LogP contribution in [0.5, 0.6) is 0 Å². The Morgan fingerprint density at radius 3 is 2.10 bits per heavy atom. The molecule has 2 aromatic rings. The van der Waals surface area contributed by atoms with Gasteiger partial charge in [0.2, 0.25) is 5.91 Å². The van der Waals surface area contributed by atoms with Crippen molar-refractivity contribution in [2.75, 3.05) is 10.6 Å². The molecule has 2 N–H and O–H groups in total. The van der Waals surface area contributed by atoms with Gasteiger partial charge in [0.15, 0.2) is 0 Å². The summed E-state index contributed by atoms with van der Waals surface area (Å²) in [4.78, 5) is 24.3. The fraction of sp³-hybridized carbons (Fsp3) is 0.417. The van der Waals surface area contributed by atoms with E-state index in [4.69, 9.17) is 0 Å². The summed E-state index contributed by atoms with van der Waals surface area (Å²) in [5.74, 6) is -0.602. The minimum Gasteiger partial charge on any atom is -0.326 e. The van der Waals surface area contributed by atoms with Crippen LogP contribution in [0, 0.1) is 0 Å². The minimum absolute atomic E-state index is 0.0619. The van der Waals surface area contributed by atoms with Gasteiger partial charge >= 0.3 is 6.18 Å². The van der Waals surface area contributed by atoms with E-state index in [-0.39, 0.29) is 17.2 Å². The number of carbonyl (C=O) groups excluding carboxylic acids is 2. The lowest BCUT2D eigenvalue weighted by molar-refractivity contribution is -0.137. The number of alkyl halides is 3. The van der Waals surface area contributed by atoms with Crippen molar-refractivity contribution in [2.45, 2.75) is 64.5 Å². The van der Waals surface area contributed by atoms with E-state index in [0.717, 1.165) is 31.4 Å².